The molecule has 0 aliphatic carbocycles. The van der Waals surface area contributed by atoms with Gasteiger partial charge in [-0.25, -0.2) is 9.97 Å². The van der Waals surface area contributed by atoms with Gasteiger partial charge in [0.05, 0.1) is 25.3 Å². The molecule has 0 amide bonds. The van der Waals surface area contributed by atoms with E-state index in [4.69, 9.17) is 19.4 Å². The van der Waals surface area contributed by atoms with E-state index in [1.807, 2.05) is 31.2 Å². The Morgan fingerprint density at radius 3 is 2.61 bits per heavy atom. The summed E-state index contributed by atoms with van der Waals surface area (Å²) in [5.41, 5.74) is 2.35. The molecule has 0 spiro atoms. The van der Waals surface area contributed by atoms with Crippen LogP contribution >= 0.6 is 0 Å². The number of rotatable bonds is 5. The molecule has 3 N–H and O–H groups in total. The van der Waals surface area contributed by atoms with E-state index in [0.717, 1.165) is 41.8 Å². The van der Waals surface area contributed by atoms with Crippen molar-refractivity contribution in [1.29, 1.82) is 0 Å². The molecule has 2 aromatic carbocycles. The zero-order valence-electron chi connectivity index (χ0n) is 16.2. The highest BCUT2D eigenvalue weighted by Gasteiger charge is 2.20. The van der Waals surface area contributed by atoms with Crippen molar-refractivity contribution in [1.82, 2.24) is 15.3 Å². The van der Waals surface area contributed by atoms with Gasteiger partial charge in [0, 0.05) is 24.0 Å². The largest absolute Gasteiger partial charge is 0.507 e. The molecule has 0 bridgehead atoms. The number of aryl methyl sites for hydroxylation is 1. The second-order valence-electron chi connectivity index (χ2n) is 6.97. The molecule has 1 aliphatic heterocycles. The molecule has 28 heavy (non-hydrogen) atoms. The quantitative estimate of drug-likeness (QED) is 0.627. The van der Waals surface area contributed by atoms with E-state index in [-0.39, 0.29) is 11.8 Å². The molecule has 146 valence electrons. The number of benzene rings is 2. The fraction of sp³-hybridized carbons (Fsp3) is 0.333. The van der Waals surface area contributed by atoms with E-state index in [9.17, 15) is 5.11 Å². The molecule has 2 heterocycles. The smallest absolute Gasteiger partial charge is 0.165 e. The van der Waals surface area contributed by atoms with Crippen LogP contribution in [0.1, 0.15) is 12.0 Å². The molecule has 0 saturated carbocycles. The minimum absolute atomic E-state index is 0.152. The van der Waals surface area contributed by atoms with Crippen molar-refractivity contribution in [3.63, 3.8) is 0 Å². The van der Waals surface area contributed by atoms with E-state index in [1.54, 1.807) is 20.3 Å². The maximum Gasteiger partial charge on any atom is 0.165 e. The van der Waals surface area contributed by atoms with E-state index in [0.29, 0.717) is 22.9 Å². The number of nitrogens with zero attached hydrogens (tertiary/aromatic N) is 2. The average molecular weight is 380 g/mol. The molecule has 1 saturated heterocycles. The first-order valence-corrected chi connectivity index (χ1v) is 9.30. The van der Waals surface area contributed by atoms with Gasteiger partial charge in [0.25, 0.3) is 0 Å². The van der Waals surface area contributed by atoms with Gasteiger partial charge in [0.2, 0.25) is 0 Å². The first kappa shape index (κ1) is 18.3. The van der Waals surface area contributed by atoms with Crippen LogP contribution < -0.4 is 20.1 Å². The SMILES string of the molecule is COc1cc2nc(-c3cc(C)ccc3O)nc(N[C@H]3CCNC3)c2cc1OC. The third kappa shape index (κ3) is 3.41. The second-order valence-corrected chi connectivity index (χ2v) is 6.97. The predicted molar refractivity (Wildman–Crippen MR) is 109 cm³/mol. The fourth-order valence-corrected chi connectivity index (χ4v) is 3.49. The van der Waals surface area contributed by atoms with Gasteiger partial charge < -0.3 is 25.2 Å². The molecule has 3 aromatic rings. The Labute approximate surface area is 163 Å². The van der Waals surface area contributed by atoms with Crippen molar-refractivity contribution in [3.05, 3.63) is 35.9 Å². The number of methoxy groups -OCH3 is 2. The molecular formula is C21H24N4O3. The van der Waals surface area contributed by atoms with Crippen molar-refractivity contribution in [2.24, 2.45) is 0 Å². The van der Waals surface area contributed by atoms with E-state index >= 15 is 0 Å². The lowest BCUT2D eigenvalue weighted by molar-refractivity contribution is 0.356. The van der Waals surface area contributed by atoms with Crippen molar-refractivity contribution in [2.75, 3.05) is 32.6 Å². The third-order valence-electron chi connectivity index (χ3n) is 5.00. The maximum absolute atomic E-state index is 10.4. The Kier molecular flexibility index (Phi) is 4.92. The van der Waals surface area contributed by atoms with Crippen LogP contribution in [0.25, 0.3) is 22.3 Å². The predicted octanol–water partition coefficient (Wildman–Crippen LogP) is 3.10. The number of fused-ring (bicyclic) bond motifs is 1. The number of phenols is 1. The number of ether oxygens (including phenoxy) is 2. The zero-order chi connectivity index (χ0) is 19.7. The molecule has 1 atom stereocenters. The summed E-state index contributed by atoms with van der Waals surface area (Å²) in [7, 11) is 3.21. The summed E-state index contributed by atoms with van der Waals surface area (Å²) in [6.07, 6.45) is 1.02. The molecule has 7 nitrogen and oxygen atoms in total. The van der Waals surface area contributed by atoms with Crippen LogP contribution in [0.5, 0.6) is 17.2 Å². The summed E-state index contributed by atoms with van der Waals surface area (Å²) in [4.78, 5) is 9.47. The van der Waals surface area contributed by atoms with Crippen LogP contribution in [0.15, 0.2) is 30.3 Å². The van der Waals surface area contributed by atoms with Gasteiger partial charge in [-0.05, 0) is 38.1 Å². The highest BCUT2D eigenvalue weighted by atomic mass is 16.5. The first-order valence-electron chi connectivity index (χ1n) is 9.30. The normalized spacial score (nSPS) is 16.3. The molecule has 1 aromatic heterocycles. The Morgan fingerprint density at radius 2 is 1.89 bits per heavy atom. The standard InChI is InChI=1S/C21H24N4O3/c1-12-4-5-17(26)15(8-12)21-24-16-10-19(28-3)18(27-2)9-14(16)20(25-21)23-13-6-7-22-11-13/h4-5,8-10,13,22,26H,6-7,11H2,1-3H3,(H,23,24,25)/t13-/m0/s1. The van der Waals surface area contributed by atoms with Crippen LogP contribution in [0, 0.1) is 6.92 Å². The molecule has 7 heteroatoms. The monoisotopic (exact) mass is 380 g/mol. The minimum atomic E-state index is 0.152. The van der Waals surface area contributed by atoms with Crippen molar-refractivity contribution in [3.8, 4) is 28.6 Å². The Bertz CT molecular complexity index is 1020. The van der Waals surface area contributed by atoms with Crippen LogP contribution in [-0.2, 0) is 0 Å². The highest BCUT2D eigenvalue weighted by Crippen LogP contribution is 2.37. The summed E-state index contributed by atoms with van der Waals surface area (Å²) in [5.74, 6) is 2.56. The van der Waals surface area contributed by atoms with E-state index < -0.39 is 0 Å². The van der Waals surface area contributed by atoms with Crippen LogP contribution in [0.2, 0.25) is 0 Å². The van der Waals surface area contributed by atoms with Crippen molar-refractivity contribution >= 4 is 16.7 Å². The minimum Gasteiger partial charge on any atom is -0.507 e. The maximum atomic E-state index is 10.4. The number of aromatic hydroxyl groups is 1. The van der Waals surface area contributed by atoms with E-state index in [1.165, 1.54) is 0 Å². The Balaban J connectivity index is 1.92. The fourth-order valence-electron chi connectivity index (χ4n) is 3.49. The summed E-state index contributed by atoms with van der Waals surface area (Å²) < 4.78 is 10.9. The summed E-state index contributed by atoms with van der Waals surface area (Å²) >= 11 is 0. The number of nitrogens with one attached hydrogen (secondary N) is 2. The highest BCUT2D eigenvalue weighted by molar-refractivity contribution is 5.93. The van der Waals surface area contributed by atoms with Gasteiger partial charge in [-0.2, -0.15) is 0 Å². The Hall–Kier alpha value is -3.06. The van der Waals surface area contributed by atoms with Crippen molar-refractivity contribution in [2.45, 2.75) is 19.4 Å². The van der Waals surface area contributed by atoms with E-state index in [2.05, 4.69) is 10.6 Å². The number of phenolic OH excluding ortho intramolecular Hbond substituents is 1. The third-order valence-corrected chi connectivity index (χ3v) is 5.00. The van der Waals surface area contributed by atoms with Gasteiger partial charge in [0.15, 0.2) is 17.3 Å². The van der Waals surface area contributed by atoms with Gasteiger partial charge in [-0.15, -0.1) is 0 Å². The first-order chi connectivity index (χ1) is 13.6. The molecular weight excluding hydrogens is 356 g/mol. The number of hydrogen-bond acceptors (Lipinski definition) is 7. The Morgan fingerprint density at radius 1 is 1.11 bits per heavy atom. The molecule has 4 rings (SSSR count). The topological polar surface area (TPSA) is 88.5 Å². The lowest BCUT2D eigenvalue weighted by Gasteiger charge is -2.17. The van der Waals surface area contributed by atoms with Gasteiger partial charge in [-0.3, -0.25) is 0 Å². The average Bonchev–Trinajstić information content (AvgIpc) is 3.21. The molecule has 1 aliphatic rings. The summed E-state index contributed by atoms with van der Waals surface area (Å²) in [6.45, 7) is 3.83. The number of hydrogen-bond donors (Lipinski definition) is 3. The number of anilines is 1. The van der Waals surface area contributed by atoms with Gasteiger partial charge >= 0.3 is 0 Å². The molecule has 1 fully saturated rings. The second kappa shape index (κ2) is 7.52. The summed E-state index contributed by atoms with van der Waals surface area (Å²) in [5, 5.41) is 18.1. The summed E-state index contributed by atoms with van der Waals surface area (Å²) in [6, 6.07) is 9.42. The van der Waals surface area contributed by atoms with Crippen LogP contribution in [0.3, 0.4) is 0 Å². The van der Waals surface area contributed by atoms with Crippen molar-refractivity contribution < 1.29 is 14.6 Å². The van der Waals surface area contributed by atoms with Crippen LogP contribution in [0.4, 0.5) is 5.82 Å². The lowest BCUT2D eigenvalue weighted by Crippen LogP contribution is -2.23. The van der Waals surface area contributed by atoms with Gasteiger partial charge in [0.1, 0.15) is 11.6 Å². The molecule has 0 unspecified atom stereocenters. The zero-order valence-corrected chi connectivity index (χ0v) is 16.2. The lowest BCUT2D eigenvalue weighted by atomic mass is 10.1. The number of aromatic nitrogens is 2. The molecule has 0 radical (unpaired) electrons. The van der Waals surface area contributed by atoms with Gasteiger partial charge in [-0.1, -0.05) is 11.6 Å². The van der Waals surface area contributed by atoms with Crippen LogP contribution in [-0.4, -0.2) is 48.4 Å².